The Morgan fingerprint density at radius 3 is 2.82 bits per heavy atom. The van der Waals surface area contributed by atoms with E-state index in [1.165, 1.54) is 0 Å². The van der Waals surface area contributed by atoms with Gasteiger partial charge in [-0.3, -0.25) is 14.3 Å². The number of hydrogen-bond donors (Lipinski definition) is 1. The molecular formula is C21H23N5O2. The highest BCUT2D eigenvalue weighted by Gasteiger charge is 2.33. The van der Waals surface area contributed by atoms with Crippen LogP contribution in [0.1, 0.15) is 29.4 Å². The quantitative estimate of drug-likeness (QED) is 0.759. The van der Waals surface area contributed by atoms with Crippen molar-refractivity contribution in [3.8, 4) is 11.3 Å². The zero-order chi connectivity index (χ0) is 19.8. The molecule has 0 saturated carbocycles. The monoisotopic (exact) mass is 377 g/mol. The van der Waals surface area contributed by atoms with Crippen LogP contribution < -0.4 is 5.32 Å². The molecule has 1 aliphatic rings. The van der Waals surface area contributed by atoms with E-state index >= 15 is 0 Å². The van der Waals surface area contributed by atoms with Crippen LogP contribution in [0, 0.1) is 6.92 Å². The van der Waals surface area contributed by atoms with E-state index in [2.05, 4.69) is 10.4 Å². The summed E-state index contributed by atoms with van der Waals surface area (Å²) in [5.74, 6) is -0.230. The van der Waals surface area contributed by atoms with Crippen LogP contribution in [0.2, 0.25) is 0 Å². The number of hydrogen-bond acceptors (Lipinski definition) is 4. The summed E-state index contributed by atoms with van der Waals surface area (Å²) in [6, 6.07) is 9.00. The number of para-hydroxylation sites is 1. The molecule has 0 bridgehead atoms. The molecule has 7 nitrogen and oxygen atoms in total. The Morgan fingerprint density at radius 2 is 2.11 bits per heavy atom. The second-order valence-electron chi connectivity index (χ2n) is 7.09. The van der Waals surface area contributed by atoms with Crippen LogP contribution in [0.5, 0.6) is 0 Å². The second-order valence-corrected chi connectivity index (χ2v) is 7.09. The number of nitrogens with one attached hydrogen (secondary N) is 1. The van der Waals surface area contributed by atoms with Crippen molar-refractivity contribution in [1.29, 1.82) is 0 Å². The molecule has 2 aromatic heterocycles. The first kappa shape index (κ1) is 18.2. The number of carbonyl (C=O) groups excluding carboxylic acids is 2. The summed E-state index contributed by atoms with van der Waals surface area (Å²) in [6.07, 6.45) is 2.49. The van der Waals surface area contributed by atoms with Gasteiger partial charge >= 0.3 is 0 Å². The van der Waals surface area contributed by atoms with E-state index in [0.717, 1.165) is 22.2 Å². The van der Waals surface area contributed by atoms with Gasteiger partial charge in [-0.1, -0.05) is 25.1 Å². The number of pyridine rings is 1. The maximum Gasteiger partial charge on any atom is 0.255 e. The average Bonchev–Trinajstić information content (AvgIpc) is 3.04. The smallest absolute Gasteiger partial charge is 0.255 e. The zero-order valence-corrected chi connectivity index (χ0v) is 16.3. The predicted octanol–water partition coefficient (Wildman–Crippen LogP) is 2.29. The number of nitrogens with zero attached hydrogens (tertiary/aromatic N) is 4. The van der Waals surface area contributed by atoms with E-state index < -0.39 is 6.04 Å². The lowest BCUT2D eigenvalue weighted by atomic mass is 10.0. The molecule has 1 aliphatic heterocycles. The van der Waals surface area contributed by atoms with Crippen molar-refractivity contribution in [3.05, 3.63) is 47.8 Å². The largest absolute Gasteiger partial charge is 0.353 e. The van der Waals surface area contributed by atoms with E-state index in [0.29, 0.717) is 30.8 Å². The van der Waals surface area contributed by atoms with Gasteiger partial charge in [0.25, 0.3) is 5.91 Å². The molecule has 2 amide bonds. The minimum absolute atomic E-state index is 0.0937. The van der Waals surface area contributed by atoms with Gasteiger partial charge in [0.1, 0.15) is 6.04 Å². The number of piperazine rings is 1. The summed E-state index contributed by atoms with van der Waals surface area (Å²) in [5.41, 5.74) is 3.78. The Balaban J connectivity index is 1.87. The van der Waals surface area contributed by atoms with Crippen molar-refractivity contribution in [2.24, 2.45) is 7.05 Å². The summed E-state index contributed by atoms with van der Waals surface area (Å²) in [6.45, 7) is 4.82. The number of aromatic nitrogens is 3. The van der Waals surface area contributed by atoms with Crippen molar-refractivity contribution < 1.29 is 9.59 Å². The molecule has 3 heterocycles. The molecule has 3 aromatic rings. The first-order chi connectivity index (χ1) is 13.5. The molecule has 0 unspecified atom stereocenters. The molecule has 28 heavy (non-hydrogen) atoms. The van der Waals surface area contributed by atoms with Gasteiger partial charge in [-0.15, -0.1) is 0 Å². The van der Waals surface area contributed by atoms with Gasteiger partial charge in [-0.25, -0.2) is 4.98 Å². The number of carbonyl (C=O) groups is 2. The summed E-state index contributed by atoms with van der Waals surface area (Å²) in [5, 5.41) is 8.03. The summed E-state index contributed by atoms with van der Waals surface area (Å²) in [7, 11) is 1.86. The van der Waals surface area contributed by atoms with Gasteiger partial charge in [0.05, 0.1) is 22.5 Å². The highest BCUT2D eigenvalue weighted by molar-refractivity contribution is 6.08. The molecule has 1 aromatic carbocycles. The highest BCUT2D eigenvalue weighted by Crippen LogP contribution is 2.28. The molecule has 0 radical (unpaired) electrons. The average molecular weight is 377 g/mol. The van der Waals surface area contributed by atoms with Gasteiger partial charge < -0.3 is 10.2 Å². The van der Waals surface area contributed by atoms with E-state index in [1.54, 1.807) is 9.58 Å². The Bertz CT molecular complexity index is 1070. The number of fused-ring (bicyclic) bond motifs is 1. The molecule has 4 rings (SSSR count). The molecule has 0 spiro atoms. The third-order valence-corrected chi connectivity index (χ3v) is 5.21. The van der Waals surface area contributed by atoms with Crippen molar-refractivity contribution >= 4 is 22.7 Å². The molecular weight excluding hydrogens is 354 g/mol. The third-order valence-electron chi connectivity index (χ3n) is 5.21. The van der Waals surface area contributed by atoms with Crippen molar-refractivity contribution in [3.63, 3.8) is 0 Å². The van der Waals surface area contributed by atoms with Crippen LogP contribution >= 0.6 is 0 Å². The van der Waals surface area contributed by atoms with Crippen molar-refractivity contribution in [2.45, 2.75) is 26.3 Å². The third kappa shape index (κ3) is 3.02. The van der Waals surface area contributed by atoms with Crippen LogP contribution in [0.3, 0.4) is 0 Å². The first-order valence-electron chi connectivity index (χ1n) is 9.48. The van der Waals surface area contributed by atoms with E-state index in [1.807, 2.05) is 57.4 Å². The van der Waals surface area contributed by atoms with Crippen LogP contribution in [0.15, 0.2) is 36.5 Å². The Kier molecular flexibility index (Phi) is 4.58. The van der Waals surface area contributed by atoms with E-state index in [-0.39, 0.29) is 11.8 Å². The van der Waals surface area contributed by atoms with Gasteiger partial charge in [0.15, 0.2) is 0 Å². The number of amides is 2. The summed E-state index contributed by atoms with van der Waals surface area (Å²) < 4.78 is 1.74. The van der Waals surface area contributed by atoms with Crippen LogP contribution in [0.4, 0.5) is 0 Å². The molecule has 1 N–H and O–H groups in total. The van der Waals surface area contributed by atoms with Gasteiger partial charge in [0.2, 0.25) is 5.91 Å². The first-order valence-corrected chi connectivity index (χ1v) is 9.48. The maximum atomic E-state index is 13.5. The second kappa shape index (κ2) is 7.07. The Labute approximate surface area is 163 Å². The van der Waals surface area contributed by atoms with Gasteiger partial charge in [-0.2, -0.15) is 5.10 Å². The van der Waals surface area contributed by atoms with Crippen molar-refractivity contribution in [1.82, 2.24) is 25.0 Å². The minimum Gasteiger partial charge on any atom is -0.353 e. The molecule has 1 saturated heterocycles. The fourth-order valence-corrected chi connectivity index (χ4v) is 3.86. The van der Waals surface area contributed by atoms with E-state index in [9.17, 15) is 9.59 Å². The number of rotatable bonds is 3. The lowest BCUT2D eigenvalue weighted by molar-refractivity contribution is -0.127. The topological polar surface area (TPSA) is 80.1 Å². The Morgan fingerprint density at radius 1 is 1.32 bits per heavy atom. The standard InChI is InChI=1S/C21H23N5O2/c1-4-19-20(27)22-9-10-26(19)21(28)15-11-18(16-12-25(3)24-13(16)2)23-17-8-6-5-7-14(15)17/h5-8,11-12,19H,4,9-10H2,1-3H3,(H,22,27)/t19-/m1/s1. The molecule has 144 valence electrons. The van der Waals surface area contributed by atoms with Crippen molar-refractivity contribution in [2.75, 3.05) is 13.1 Å². The lowest BCUT2D eigenvalue weighted by Crippen LogP contribution is -2.56. The van der Waals surface area contributed by atoms with E-state index in [4.69, 9.17) is 4.98 Å². The normalized spacial score (nSPS) is 17.0. The zero-order valence-electron chi connectivity index (χ0n) is 16.3. The SMILES string of the molecule is CC[C@@H]1C(=O)NCCN1C(=O)c1cc(-c2cn(C)nc2C)nc2ccccc12. The summed E-state index contributed by atoms with van der Waals surface area (Å²) >= 11 is 0. The number of aryl methyl sites for hydroxylation is 2. The fraction of sp³-hybridized carbons (Fsp3) is 0.333. The molecule has 0 aliphatic carbocycles. The lowest BCUT2D eigenvalue weighted by Gasteiger charge is -2.34. The van der Waals surface area contributed by atoms with Gasteiger partial charge in [-0.05, 0) is 25.5 Å². The van der Waals surface area contributed by atoms with Crippen LogP contribution in [-0.4, -0.2) is 50.6 Å². The maximum absolute atomic E-state index is 13.5. The Hall–Kier alpha value is -3.22. The highest BCUT2D eigenvalue weighted by atomic mass is 16.2. The molecule has 7 heteroatoms. The fourth-order valence-electron chi connectivity index (χ4n) is 3.86. The van der Waals surface area contributed by atoms with Crippen LogP contribution in [-0.2, 0) is 11.8 Å². The summed E-state index contributed by atoms with van der Waals surface area (Å²) in [4.78, 5) is 32.2. The minimum atomic E-state index is -0.447. The number of benzene rings is 1. The molecule has 1 atom stereocenters. The predicted molar refractivity (Wildman–Crippen MR) is 107 cm³/mol. The van der Waals surface area contributed by atoms with Gasteiger partial charge in [0, 0.05) is 37.3 Å². The van der Waals surface area contributed by atoms with Crippen LogP contribution in [0.25, 0.3) is 22.2 Å². The molecule has 1 fully saturated rings.